The van der Waals surface area contributed by atoms with Gasteiger partial charge in [0, 0.05) is 6.04 Å². The molecule has 0 saturated heterocycles. The van der Waals surface area contributed by atoms with Gasteiger partial charge in [0.2, 0.25) is 0 Å². The van der Waals surface area contributed by atoms with Crippen molar-refractivity contribution >= 4 is 0 Å². The Morgan fingerprint density at radius 1 is 1.20 bits per heavy atom. The van der Waals surface area contributed by atoms with E-state index in [0.717, 1.165) is 30.9 Å². The van der Waals surface area contributed by atoms with E-state index in [1.54, 1.807) is 6.07 Å². The lowest BCUT2D eigenvalue weighted by atomic mass is 9.95. The number of rotatable bonds is 7. The van der Waals surface area contributed by atoms with Crippen LogP contribution in [-0.4, -0.2) is 12.6 Å². The largest absolute Gasteiger partial charge is 0.314 e. The van der Waals surface area contributed by atoms with E-state index < -0.39 is 11.6 Å². The lowest BCUT2D eigenvalue weighted by Gasteiger charge is -2.20. The van der Waals surface area contributed by atoms with Crippen LogP contribution in [0.2, 0.25) is 0 Å². The van der Waals surface area contributed by atoms with Gasteiger partial charge in [-0.25, -0.2) is 8.78 Å². The van der Waals surface area contributed by atoms with Gasteiger partial charge < -0.3 is 5.32 Å². The molecule has 0 radical (unpaired) electrons. The van der Waals surface area contributed by atoms with Gasteiger partial charge in [-0.2, -0.15) is 0 Å². The van der Waals surface area contributed by atoms with Crippen LogP contribution in [0.25, 0.3) is 0 Å². The van der Waals surface area contributed by atoms with E-state index in [2.05, 4.69) is 12.2 Å². The number of hydrogen-bond donors (Lipinski definition) is 1. The standard InChI is InChI=1S/C17H25F2N/c1-2-20-15(9-7-13-5-3-4-6-13)11-14-8-10-16(18)17(19)12-14/h8,10,12-13,15,20H,2-7,9,11H2,1H3. The topological polar surface area (TPSA) is 12.0 Å². The molecule has 0 heterocycles. The van der Waals surface area contributed by atoms with Gasteiger partial charge in [-0.15, -0.1) is 0 Å². The van der Waals surface area contributed by atoms with Crippen molar-refractivity contribution in [2.45, 2.75) is 57.9 Å². The summed E-state index contributed by atoms with van der Waals surface area (Å²) < 4.78 is 26.2. The SMILES string of the molecule is CCNC(CCC1CCCC1)Cc1ccc(F)c(F)c1. The van der Waals surface area contributed by atoms with E-state index >= 15 is 0 Å². The van der Waals surface area contributed by atoms with Gasteiger partial charge in [0.15, 0.2) is 11.6 Å². The van der Waals surface area contributed by atoms with Gasteiger partial charge in [0.1, 0.15) is 0 Å². The summed E-state index contributed by atoms with van der Waals surface area (Å²) in [7, 11) is 0. The van der Waals surface area contributed by atoms with Crippen LogP contribution in [0.3, 0.4) is 0 Å². The summed E-state index contributed by atoms with van der Waals surface area (Å²) in [5.41, 5.74) is 0.876. The molecule has 2 rings (SSSR count). The molecule has 1 aliphatic carbocycles. The number of benzene rings is 1. The molecule has 1 aliphatic rings. The normalized spacial score (nSPS) is 17.6. The summed E-state index contributed by atoms with van der Waals surface area (Å²) in [5.74, 6) is -0.630. The molecule has 1 unspecified atom stereocenters. The van der Waals surface area contributed by atoms with Gasteiger partial charge in [0.25, 0.3) is 0 Å². The number of halogens is 2. The Balaban J connectivity index is 1.88. The monoisotopic (exact) mass is 281 g/mol. The predicted molar refractivity (Wildman–Crippen MR) is 78.7 cm³/mol. The smallest absolute Gasteiger partial charge is 0.159 e. The van der Waals surface area contributed by atoms with Crippen molar-refractivity contribution in [3.05, 3.63) is 35.4 Å². The highest BCUT2D eigenvalue weighted by Gasteiger charge is 2.17. The fraction of sp³-hybridized carbons (Fsp3) is 0.647. The molecular formula is C17H25F2N. The molecule has 1 aromatic rings. The van der Waals surface area contributed by atoms with E-state index in [9.17, 15) is 8.78 Å². The third-order valence-corrected chi connectivity index (χ3v) is 4.36. The summed E-state index contributed by atoms with van der Waals surface area (Å²) in [6.07, 6.45) is 8.63. The molecular weight excluding hydrogens is 256 g/mol. The molecule has 1 nitrogen and oxygen atoms in total. The third-order valence-electron chi connectivity index (χ3n) is 4.36. The molecule has 0 aliphatic heterocycles. The second kappa shape index (κ2) is 7.72. The zero-order valence-electron chi connectivity index (χ0n) is 12.3. The highest BCUT2D eigenvalue weighted by atomic mass is 19.2. The molecule has 3 heteroatoms. The van der Waals surface area contributed by atoms with Crippen LogP contribution in [0, 0.1) is 17.6 Å². The zero-order valence-corrected chi connectivity index (χ0v) is 12.3. The number of hydrogen-bond acceptors (Lipinski definition) is 1. The average molecular weight is 281 g/mol. The molecule has 0 amide bonds. The first kappa shape index (κ1) is 15.4. The van der Waals surface area contributed by atoms with Crippen molar-refractivity contribution < 1.29 is 8.78 Å². The minimum atomic E-state index is -0.764. The highest BCUT2D eigenvalue weighted by Crippen LogP contribution is 2.29. The fourth-order valence-corrected chi connectivity index (χ4v) is 3.25. The van der Waals surface area contributed by atoms with Gasteiger partial charge in [-0.05, 0) is 49.4 Å². The van der Waals surface area contributed by atoms with Crippen LogP contribution < -0.4 is 5.32 Å². The molecule has 1 saturated carbocycles. The van der Waals surface area contributed by atoms with E-state index in [1.807, 2.05) is 0 Å². The maximum Gasteiger partial charge on any atom is 0.159 e. The van der Waals surface area contributed by atoms with Gasteiger partial charge in [-0.3, -0.25) is 0 Å². The first-order chi connectivity index (χ1) is 9.69. The van der Waals surface area contributed by atoms with E-state index in [4.69, 9.17) is 0 Å². The Morgan fingerprint density at radius 2 is 1.95 bits per heavy atom. The molecule has 1 atom stereocenters. The zero-order chi connectivity index (χ0) is 14.4. The van der Waals surface area contributed by atoms with Crippen molar-refractivity contribution in [3.8, 4) is 0 Å². The van der Waals surface area contributed by atoms with Crippen LogP contribution in [0.15, 0.2) is 18.2 Å². The fourth-order valence-electron chi connectivity index (χ4n) is 3.25. The quantitative estimate of drug-likeness (QED) is 0.778. The van der Waals surface area contributed by atoms with E-state index in [1.165, 1.54) is 44.2 Å². The Kier molecular flexibility index (Phi) is 5.96. The minimum absolute atomic E-state index is 0.366. The molecule has 0 bridgehead atoms. The van der Waals surface area contributed by atoms with Crippen LogP contribution in [0.5, 0.6) is 0 Å². The molecule has 0 spiro atoms. The molecule has 1 N–H and O–H groups in total. The third kappa shape index (κ3) is 4.55. The van der Waals surface area contributed by atoms with Crippen molar-refractivity contribution in [1.82, 2.24) is 5.32 Å². The summed E-state index contributed by atoms with van der Waals surface area (Å²) in [5, 5.41) is 3.47. The first-order valence-electron chi connectivity index (χ1n) is 7.86. The van der Waals surface area contributed by atoms with Crippen LogP contribution in [0.4, 0.5) is 8.78 Å². The summed E-state index contributed by atoms with van der Waals surface area (Å²) in [6, 6.07) is 4.61. The van der Waals surface area contributed by atoms with Crippen LogP contribution in [0.1, 0.15) is 51.0 Å². The number of likely N-dealkylation sites (N-methyl/N-ethyl adjacent to an activating group) is 1. The lowest BCUT2D eigenvalue weighted by Crippen LogP contribution is -2.31. The summed E-state index contributed by atoms with van der Waals surface area (Å²) in [6.45, 7) is 3.01. The molecule has 1 aromatic carbocycles. The second-order valence-corrected chi connectivity index (χ2v) is 5.94. The maximum atomic E-state index is 13.3. The van der Waals surface area contributed by atoms with E-state index in [0.29, 0.717) is 6.04 Å². The Morgan fingerprint density at radius 3 is 2.60 bits per heavy atom. The Labute approximate surface area is 120 Å². The van der Waals surface area contributed by atoms with Gasteiger partial charge >= 0.3 is 0 Å². The predicted octanol–water partition coefficient (Wildman–Crippen LogP) is 4.46. The number of nitrogens with one attached hydrogen (secondary N) is 1. The Bertz CT molecular complexity index is 413. The average Bonchev–Trinajstić information content (AvgIpc) is 2.94. The van der Waals surface area contributed by atoms with Crippen LogP contribution in [-0.2, 0) is 6.42 Å². The first-order valence-corrected chi connectivity index (χ1v) is 7.86. The lowest BCUT2D eigenvalue weighted by molar-refractivity contribution is 0.406. The van der Waals surface area contributed by atoms with Gasteiger partial charge in [-0.1, -0.05) is 38.7 Å². The minimum Gasteiger partial charge on any atom is -0.314 e. The van der Waals surface area contributed by atoms with Crippen molar-refractivity contribution in [1.29, 1.82) is 0 Å². The molecule has 1 fully saturated rings. The molecule has 20 heavy (non-hydrogen) atoms. The Hall–Kier alpha value is -0.960. The maximum absolute atomic E-state index is 13.3. The summed E-state index contributed by atoms with van der Waals surface area (Å²) in [4.78, 5) is 0. The van der Waals surface area contributed by atoms with Gasteiger partial charge in [0.05, 0.1) is 0 Å². The van der Waals surface area contributed by atoms with Crippen molar-refractivity contribution in [2.75, 3.05) is 6.54 Å². The molecule has 112 valence electrons. The van der Waals surface area contributed by atoms with E-state index in [-0.39, 0.29) is 0 Å². The summed E-state index contributed by atoms with van der Waals surface area (Å²) >= 11 is 0. The highest BCUT2D eigenvalue weighted by molar-refractivity contribution is 5.18. The second-order valence-electron chi connectivity index (χ2n) is 5.94. The van der Waals surface area contributed by atoms with Crippen LogP contribution >= 0.6 is 0 Å². The van der Waals surface area contributed by atoms with Crippen molar-refractivity contribution in [2.24, 2.45) is 5.92 Å². The van der Waals surface area contributed by atoms with Crippen molar-refractivity contribution in [3.63, 3.8) is 0 Å². The molecule has 0 aromatic heterocycles.